The highest BCUT2D eigenvalue weighted by Crippen LogP contribution is 2.29. The van der Waals surface area contributed by atoms with Crippen molar-refractivity contribution in [2.45, 2.75) is 85.0 Å². The molecule has 1 aromatic carbocycles. The molecule has 0 spiro atoms. The Morgan fingerprint density at radius 2 is 1.68 bits per heavy atom. The molecular formula is C27H43N3O7. The number of methoxy groups -OCH3 is 1. The van der Waals surface area contributed by atoms with E-state index in [1.165, 1.54) is 12.0 Å². The van der Waals surface area contributed by atoms with Gasteiger partial charge in [-0.15, -0.1) is 0 Å². The van der Waals surface area contributed by atoms with Crippen molar-refractivity contribution >= 4 is 23.9 Å². The van der Waals surface area contributed by atoms with Crippen LogP contribution in [0.2, 0.25) is 0 Å². The van der Waals surface area contributed by atoms with Crippen LogP contribution < -0.4 is 10.6 Å². The second-order valence-electron chi connectivity index (χ2n) is 10.5. The minimum absolute atomic E-state index is 0.345. The highest BCUT2D eigenvalue weighted by Gasteiger charge is 2.39. The Bertz CT molecular complexity index is 927. The van der Waals surface area contributed by atoms with Gasteiger partial charge in [-0.25, -0.2) is 4.79 Å². The number of aryl methyl sites for hydroxylation is 1. The number of nitrogens with zero attached hydrogens (tertiary/aromatic N) is 1. The van der Waals surface area contributed by atoms with Crippen LogP contribution in [0.25, 0.3) is 0 Å². The summed E-state index contributed by atoms with van der Waals surface area (Å²) in [5, 5.41) is 15.1. The maximum Gasteiger partial charge on any atom is 0.408 e. The third kappa shape index (κ3) is 10.4. The number of ether oxygens (including phenoxy) is 2. The maximum atomic E-state index is 13.9. The average molecular weight is 522 g/mol. The van der Waals surface area contributed by atoms with Crippen LogP contribution in [0.3, 0.4) is 0 Å². The molecule has 0 aliphatic carbocycles. The lowest BCUT2D eigenvalue weighted by Gasteiger charge is -2.39. The topological polar surface area (TPSA) is 134 Å². The monoisotopic (exact) mass is 521 g/mol. The molecule has 37 heavy (non-hydrogen) atoms. The van der Waals surface area contributed by atoms with Crippen LogP contribution in [-0.4, -0.2) is 71.8 Å². The highest BCUT2D eigenvalue weighted by molar-refractivity contribution is 5.93. The molecule has 0 saturated heterocycles. The van der Waals surface area contributed by atoms with Gasteiger partial charge < -0.3 is 30.1 Å². The van der Waals surface area contributed by atoms with Gasteiger partial charge in [0.05, 0.1) is 13.7 Å². The highest BCUT2D eigenvalue weighted by atomic mass is 16.6. The molecule has 0 bridgehead atoms. The fourth-order valence-corrected chi connectivity index (χ4v) is 3.77. The van der Waals surface area contributed by atoms with E-state index in [1.807, 2.05) is 26.0 Å². The largest absolute Gasteiger partial charge is 0.468 e. The van der Waals surface area contributed by atoms with E-state index in [0.29, 0.717) is 17.9 Å². The minimum atomic E-state index is -1.35. The predicted octanol–water partition coefficient (Wildman–Crippen LogP) is 2.86. The SMILES string of the molecule is COC(=O)CNC(=O)C(c1ccccc1C)N(C(=O)C(CO)NC(=O)OC(C)(C)C)C(C)CCC(C)C. The number of alkyl carbamates (subject to hydrolysis) is 1. The van der Waals surface area contributed by atoms with Crippen LogP contribution in [0, 0.1) is 12.8 Å². The summed E-state index contributed by atoms with van der Waals surface area (Å²) in [7, 11) is 1.21. The van der Waals surface area contributed by atoms with E-state index in [-0.39, 0.29) is 6.54 Å². The van der Waals surface area contributed by atoms with Gasteiger partial charge in [-0.2, -0.15) is 0 Å². The molecule has 0 aliphatic rings. The third-order valence-corrected chi connectivity index (χ3v) is 5.71. The number of benzene rings is 1. The molecule has 0 saturated carbocycles. The summed E-state index contributed by atoms with van der Waals surface area (Å²) in [4.78, 5) is 53.0. The van der Waals surface area contributed by atoms with E-state index in [9.17, 15) is 24.3 Å². The molecule has 10 heteroatoms. The van der Waals surface area contributed by atoms with Crippen molar-refractivity contribution in [1.29, 1.82) is 0 Å². The lowest BCUT2D eigenvalue weighted by Crippen LogP contribution is -2.57. The Balaban J connectivity index is 3.53. The number of hydrogen-bond acceptors (Lipinski definition) is 7. The molecular weight excluding hydrogens is 478 g/mol. The van der Waals surface area contributed by atoms with Gasteiger partial charge in [-0.3, -0.25) is 14.4 Å². The summed E-state index contributed by atoms with van der Waals surface area (Å²) >= 11 is 0. The molecule has 0 aromatic heterocycles. The molecule has 208 valence electrons. The van der Waals surface area contributed by atoms with Crippen LogP contribution in [0.15, 0.2) is 24.3 Å². The van der Waals surface area contributed by atoms with Crippen molar-refractivity contribution in [2.24, 2.45) is 5.92 Å². The van der Waals surface area contributed by atoms with Crippen molar-refractivity contribution in [3.05, 3.63) is 35.4 Å². The van der Waals surface area contributed by atoms with Gasteiger partial charge in [0.15, 0.2) is 0 Å². The van der Waals surface area contributed by atoms with Gasteiger partial charge in [-0.05, 0) is 64.5 Å². The van der Waals surface area contributed by atoms with Gasteiger partial charge >= 0.3 is 12.1 Å². The van der Waals surface area contributed by atoms with Crippen molar-refractivity contribution in [3.63, 3.8) is 0 Å². The quantitative estimate of drug-likeness (QED) is 0.360. The Morgan fingerprint density at radius 1 is 1.05 bits per heavy atom. The number of rotatable bonds is 12. The lowest BCUT2D eigenvalue weighted by molar-refractivity contribution is -0.147. The predicted molar refractivity (Wildman–Crippen MR) is 140 cm³/mol. The fraction of sp³-hybridized carbons (Fsp3) is 0.630. The van der Waals surface area contributed by atoms with Crippen molar-refractivity contribution < 1.29 is 33.8 Å². The molecule has 1 aromatic rings. The first-order valence-corrected chi connectivity index (χ1v) is 12.5. The van der Waals surface area contributed by atoms with Crippen LogP contribution >= 0.6 is 0 Å². The Labute approximate surface area is 220 Å². The zero-order chi connectivity index (χ0) is 28.3. The van der Waals surface area contributed by atoms with E-state index in [2.05, 4.69) is 29.2 Å². The number of nitrogens with one attached hydrogen (secondary N) is 2. The third-order valence-electron chi connectivity index (χ3n) is 5.71. The molecule has 3 atom stereocenters. The number of aliphatic hydroxyl groups excluding tert-OH is 1. The van der Waals surface area contributed by atoms with Crippen molar-refractivity contribution in [3.8, 4) is 0 Å². The molecule has 10 nitrogen and oxygen atoms in total. The molecule has 3 amide bonds. The zero-order valence-electron chi connectivity index (χ0n) is 23.3. The van der Waals surface area contributed by atoms with Gasteiger partial charge in [0.25, 0.3) is 0 Å². The van der Waals surface area contributed by atoms with E-state index < -0.39 is 54.2 Å². The first kappa shape index (κ1) is 31.9. The number of carbonyl (C=O) groups is 4. The summed E-state index contributed by atoms with van der Waals surface area (Å²) in [5.74, 6) is -1.52. The fourth-order valence-electron chi connectivity index (χ4n) is 3.77. The summed E-state index contributed by atoms with van der Waals surface area (Å²) in [6.45, 7) is 11.7. The van der Waals surface area contributed by atoms with Crippen molar-refractivity contribution in [1.82, 2.24) is 15.5 Å². The molecule has 0 heterocycles. The number of amides is 3. The molecule has 0 aliphatic heterocycles. The summed E-state index contributed by atoms with van der Waals surface area (Å²) < 4.78 is 9.91. The molecule has 0 fully saturated rings. The van der Waals surface area contributed by atoms with Gasteiger partial charge in [0.2, 0.25) is 11.8 Å². The van der Waals surface area contributed by atoms with Crippen molar-refractivity contribution in [2.75, 3.05) is 20.3 Å². The number of carbonyl (C=O) groups excluding carboxylic acids is 4. The number of esters is 1. The summed E-state index contributed by atoms with van der Waals surface area (Å²) in [6.07, 6.45) is 0.483. The first-order valence-electron chi connectivity index (χ1n) is 12.5. The molecule has 1 rings (SSSR count). The van der Waals surface area contributed by atoms with E-state index in [1.54, 1.807) is 32.9 Å². The summed E-state index contributed by atoms with van der Waals surface area (Å²) in [6, 6.07) is 4.20. The average Bonchev–Trinajstić information content (AvgIpc) is 2.81. The lowest BCUT2D eigenvalue weighted by atomic mass is 9.95. The van der Waals surface area contributed by atoms with Crippen LogP contribution in [0.1, 0.15) is 71.6 Å². The van der Waals surface area contributed by atoms with E-state index in [4.69, 9.17) is 4.74 Å². The maximum absolute atomic E-state index is 13.9. The van der Waals surface area contributed by atoms with E-state index >= 15 is 0 Å². The zero-order valence-corrected chi connectivity index (χ0v) is 23.3. The second-order valence-corrected chi connectivity index (χ2v) is 10.5. The van der Waals surface area contributed by atoms with Crippen LogP contribution in [0.5, 0.6) is 0 Å². The normalized spacial score (nSPS) is 13.8. The first-order chi connectivity index (χ1) is 17.2. The number of aliphatic hydroxyl groups is 1. The van der Waals surface area contributed by atoms with Crippen LogP contribution in [0.4, 0.5) is 4.79 Å². The van der Waals surface area contributed by atoms with Gasteiger partial charge in [0, 0.05) is 6.04 Å². The van der Waals surface area contributed by atoms with E-state index in [0.717, 1.165) is 12.0 Å². The second kappa shape index (κ2) is 14.6. The Hall–Kier alpha value is -3.14. The van der Waals surface area contributed by atoms with Gasteiger partial charge in [-0.1, -0.05) is 38.1 Å². The van der Waals surface area contributed by atoms with Gasteiger partial charge in [0.1, 0.15) is 24.2 Å². The minimum Gasteiger partial charge on any atom is -0.468 e. The Kier molecular flexibility index (Phi) is 12.6. The molecule has 0 radical (unpaired) electrons. The molecule has 3 unspecified atom stereocenters. The number of hydrogen-bond donors (Lipinski definition) is 3. The smallest absolute Gasteiger partial charge is 0.408 e. The standard InChI is InChI=1S/C27H43N3O7/c1-17(2)13-14-19(4)30(25(34)21(16-31)29-26(35)37-27(5,6)7)23(20-12-10-9-11-18(20)3)24(33)28-15-22(32)36-8/h9-12,17,19,21,23,31H,13-16H2,1-8H3,(H,28,33)(H,29,35). The molecule has 3 N–H and O–H groups in total. The summed E-state index contributed by atoms with van der Waals surface area (Å²) in [5.41, 5.74) is 0.508. The van der Waals surface area contributed by atoms with Crippen LogP contribution in [-0.2, 0) is 23.9 Å². The Morgan fingerprint density at radius 3 is 2.19 bits per heavy atom.